The molecular formula is C22H28N2O3S2. The van der Waals surface area contributed by atoms with Crippen LogP contribution in [-0.2, 0) is 14.8 Å². The third kappa shape index (κ3) is 4.57. The van der Waals surface area contributed by atoms with Crippen LogP contribution >= 0.6 is 11.3 Å². The summed E-state index contributed by atoms with van der Waals surface area (Å²) < 4.78 is 27.8. The molecule has 1 saturated carbocycles. The fourth-order valence-electron chi connectivity index (χ4n) is 4.00. The molecule has 1 aromatic heterocycles. The molecule has 1 aromatic carbocycles. The maximum Gasteiger partial charge on any atom is 0.252 e. The van der Waals surface area contributed by atoms with Gasteiger partial charge in [0.15, 0.2) is 0 Å². The molecule has 2 aromatic rings. The number of rotatable bonds is 6. The summed E-state index contributed by atoms with van der Waals surface area (Å²) in [5.74, 6) is 0.162. The topological polar surface area (TPSA) is 66.5 Å². The highest BCUT2D eigenvalue weighted by Crippen LogP contribution is 2.41. The summed E-state index contributed by atoms with van der Waals surface area (Å²) >= 11 is 1.29. The monoisotopic (exact) mass is 432 g/mol. The molecule has 1 aliphatic carbocycles. The van der Waals surface area contributed by atoms with E-state index in [1.54, 1.807) is 6.07 Å². The molecular weight excluding hydrogens is 404 g/mol. The Labute approximate surface area is 177 Å². The van der Waals surface area contributed by atoms with Gasteiger partial charge in [0.2, 0.25) is 5.91 Å². The van der Waals surface area contributed by atoms with Crippen molar-refractivity contribution < 1.29 is 13.2 Å². The minimum Gasteiger partial charge on any atom is -0.349 e. The highest BCUT2D eigenvalue weighted by Gasteiger charge is 2.37. The molecule has 5 nitrogen and oxygen atoms in total. The minimum absolute atomic E-state index is 0.0232. The molecule has 2 aliphatic rings. The van der Waals surface area contributed by atoms with E-state index < -0.39 is 10.0 Å². The third-order valence-electron chi connectivity index (χ3n) is 5.89. The fraction of sp³-hybridized carbons (Fsp3) is 0.500. The second kappa shape index (κ2) is 8.20. The third-order valence-corrected chi connectivity index (χ3v) is 9.23. The van der Waals surface area contributed by atoms with Gasteiger partial charge in [-0.25, -0.2) is 8.42 Å². The number of nitrogens with zero attached hydrogens (tertiary/aromatic N) is 1. The summed E-state index contributed by atoms with van der Waals surface area (Å²) in [5, 5.41) is 3.24. The van der Waals surface area contributed by atoms with E-state index in [-0.39, 0.29) is 24.4 Å². The van der Waals surface area contributed by atoms with Crippen LogP contribution in [0.5, 0.6) is 0 Å². The Bertz CT molecular complexity index is 978. The van der Waals surface area contributed by atoms with Gasteiger partial charge >= 0.3 is 0 Å². The van der Waals surface area contributed by atoms with E-state index in [9.17, 15) is 13.2 Å². The van der Waals surface area contributed by atoms with Crippen LogP contribution in [-0.4, -0.2) is 31.7 Å². The molecule has 1 N–H and O–H groups in total. The van der Waals surface area contributed by atoms with E-state index in [4.69, 9.17) is 0 Å². The fourth-order valence-corrected chi connectivity index (χ4v) is 6.96. The summed E-state index contributed by atoms with van der Waals surface area (Å²) in [6.07, 6.45) is 3.69. The van der Waals surface area contributed by atoms with Gasteiger partial charge in [-0.05, 0) is 63.1 Å². The van der Waals surface area contributed by atoms with Crippen LogP contribution < -0.4 is 5.32 Å². The lowest BCUT2D eigenvalue weighted by molar-refractivity contribution is -0.127. The Morgan fingerprint density at radius 2 is 1.83 bits per heavy atom. The minimum atomic E-state index is -3.53. The maximum atomic E-state index is 13.1. The average molecular weight is 433 g/mol. The van der Waals surface area contributed by atoms with Gasteiger partial charge in [-0.3, -0.25) is 4.79 Å². The molecule has 1 saturated heterocycles. The summed E-state index contributed by atoms with van der Waals surface area (Å²) in [6.45, 7) is 4.70. The van der Waals surface area contributed by atoms with Crippen molar-refractivity contribution in [2.45, 2.75) is 49.8 Å². The number of carbonyl (C=O) groups is 1. The smallest absolute Gasteiger partial charge is 0.252 e. The van der Waals surface area contributed by atoms with Crippen LogP contribution in [0.4, 0.5) is 0 Å². The van der Waals surface area contributed by atoms with Crippen LogP contribution in [0.3, 0.4) is 0 Å². The lowest BCUT2D eigenvalue weighted by atomic mass is 9.96. The quantitative estimate of drug-likeness (QED) is 0.749. The Balaban J connectivity index is 1.46. The van der Waals surface area contributed by atoms with Gasteiger partial charge in [-0.1, -0.05) is 29.8 Å². The van der Waals surface area contributed by atoms with Gasteiger partial charge in [0.05, 0.1) is 12.0 Å². The zero-order chi connectivity index (χ0) is 20.6. The highest BCUT2D eigenvalue weighted by molar-refractivity contribution is 7.91. The van der Waals surface area contributed by atoms with E-state index >= 15 is 0 Å². The van der Waals surface area contributed by atoms with Gasteiger partial charge in [0.25, 0.3) is 10.0 Å². The molecule has 156 valence electrons. The van der Waals surface area contributed by atoms with Gasteiger partial charge in [-0.15, -0.1) is 11.3 Å². The van der Waals surface area contributed by atoms with Crippen LogP contribution in [0.1, 0.15) is 47.7 Å². The van der Waals surface area contributed by atoms with Crippen LogP contribution in [0.2, 0.25) is 0 Å². The first-order valence-corrected chi connectivity index (χ1v) is 12.5. The predicted molar refractivity (Wildman–Crippen MR) is 115 cm³/mol. The summed E-state index contributed by atoms with van der Waals surface area (Å²) in [7, 11) is -3.53. The molecule has 2 unspecified atom stereocenters. The van der Waals surface area contributed by atoms with Gasteiger partial charge < -0.3 is 5.32 Å². The lowest BCUT2D eigenvalue weighted by Gasteiger charge is -2.32. The van der Waals surface area contributed by atoms with Crippen LogP contribution in [0.15, 0.2) is 40.6 Å². The van der Waals surface area contributed by atoms with E-state index in [2.05, 4.69) is 36.5 Å². The number of nitrogens with one attached hydrogen (secondary N) is 1. The number of sulfonamides is 1. The predicted octanol–water partition coefficient (Wildman–Crippen LogP) is 4.03. The number of benzene rings is 1. The molecule has 4 rings (SSSR count). The van der Waals surface area contributed by atoms with Crippen molar-refractivity contribution in [1.82, 2.24) is 9.62 Å². The van der Waals surface area contributed by atoms with Crippen molar-refractivity contribution in [2.75, 3.05) is 13.1 Å². The summed E-state index contributed by atoms with van der Waals surface area (Å²) in [5.41, 5.74) is 2.34. The molecule has 0 radical (unpaired) electrons. The maximum absolute atomic E-state index is 13.1. The van der Waals surface area contributed by atoms with E-state index in [0.717, 1.165) is 29.7 Å². The number of hydrogen-bond donors (Lipinski definition) is 1. The number of hydrogen-bond acceptors (Lipinski definition) is 4. The van der Waals surface area contributed by atoms with E-state index in [0.29, 0.717) is 23.1 Å². The zero-order valence-corrected chi connectivity index (χ0v) is 18.6. The van der Waals surface area contributed by atoms with E-state index in [1.165, 1.54) is 21.2 Å². The lowest BCUT2D eigenvalue weighted by Crippen LogP contribution is -2.46. The van der Waals surface area contributed by atoms with Crippen LogP contribution in [0.25, 0.3) is 0 Å². The largest absolute Gasteiger partial charge is 0.349 e. The number of piperidine rings is 1. The number of thiophene rings is 1. The first-order valence-electron chi connectivity index (χ1n) is 10.3. The molecule has 2 atom stereocenters. The van der Waals surface area contributed by atoms with Gasteiger partial charge in [0, 0.05) is 18.0 Å². The molecule has 1 amide bonds. The number of aryl methyl sites for hydroxylation is 2. The first kappa shape index (κ1) is 20.6. The zero-order valence-electron chi connectivity index (χ0n) is 16.9. The Kier molecular flexibility index (Phi) is 5.82. The summed E-state index contributed by atoms with van der Waals surface area (Å²) in [4.78, 5) is 14.0. The van der Waals surface area contributed by atoms with Gasteiger partial charge in [-0.2, -0.15) is 4.31 Å². The standard InChI is InChI=1S/C22H28N2O3S2/c1-15-5-8-17(9-6-15)21(18-10-11-18)23-22(25)19-4-3-13-24(14-19)29(26,27)20-12-7-16(2)28-20/h5-9,12,18-19,21H,3-4,10-11,13-14H2,1-2H3,(H,23,25). The Morgan fingerprint density at radius 1 is 1.10 bits per heavy atom. The van der Waals surface area contributed by atoms with Crippen molar-refractivity contribution in [3.63, 3.8) is 0 Å². The Hall–Kier alpha value is -1.70. The number of carbonyl (C=O) groups excluding carboxylic acids is 1. The summed E-state index contributed by atoms with van der Waals surface area (Å²) in [6, 6.07) is 11.9. The Morgan fingerprint density at radius 3 is 2.45 bits per heavy atom. The molecule has 7 heteroatoms. The van der Waals surface area contributed by atoms with Crippen molar-refractivity contribution >= 4 is 27.3 Å². The van der Waals surface area contributed by atoms with Gasteiger partial charge in [0.1, 0.15) is 4.21 Å². The van der Waals surface area contributed by atoms with E-state index in [1.807, 2.05) is 13.0 Å². The molecule has 29 heavy (non-hydrogen) atoms. The van der Waals surface area contributed by atoms with Crippen molar-refractivity contribution in [3.8, 4) is 0 Å². The molecule has 2 fully saturated rings. The second-order valence-electron chi connectivity index (χ2n) is 8.30. The average Bonchev–Trinajstić information content (AvgIpc) is 3.46. The van der Waals surface area contributed by atoms with Crippen molar-refractivity contribution in [1.29, 1.82) is 0 Å². The van der Waals surface area contributed by atoms with Crippen LogP contribution in [0, 0.1) is 25.7 Å². The molecule has 0 bridgehead atoms. The number of amides is 1. The highest BCUT2D eigenvalue weighted by atomic mass is 32.2. The normalized spacial score (nSPS) is 21.7. The SMILES string of the molecule is Cc1ccc(C(NC(=O)C2CCCN(S(=O)(=O)c3ccc(C)s3)C2)C2CC2)cc1. The molecule has 0 spiro atoms. The second-order valence-corrected chi connectivity index (χ2v) is 11.8. The van der Waals surface area contributed by atoms with Crippen molar-refractivity contribution in [2.24, 2.45) is 11.8 Å². The molecule has 1 aliphatic heterocycles. The van der Waals surface area contributed by atoms with Crippen molar-refractivity contribution in [3.05, 3.63) is 52.4 Å². The first-order chi connectivity index (χ1) is 13.8. The molecule has 2 heterocycles.